The maximum absolute atomic E-state index is 13.9. The topological polar surface area (TPSA) is 53.4 Å². The summed E-state index contributed by atoms with van der Waals surface area (Å²) < 4.78 is 12.7. The fourth-order valence-corrected chi connectivity index (χ4v) is 6.93. The number of aromatic nitrogens is 2. The second-order valence-corrected chi connectivity index (χ2v) is 10.3. The average Bonchev–Trinajstić information content (AvgIpc) is 3.43. The molecule has 1 aliphatic carbocycles. The lowest BCUT2D eigenvalue weighted by molar-refractivity contribution is 0.174. The number of aryl methyl sites for hydroxylation is 1. The van der Waals surface area contributed by atoms with Gasteiger partial charge in [-0.15, -0.1) is 11.3 Å². The lowest BCUT2D eigenvalue weighted by Crippen LogP contribution is -2.22. The molecule has 2 aliphatic rings. The zero-order valence-electron chi connectivity index (χ0n) is 17.7. The van der Waals surface area contributed by atoms with Gasteiger partial charge in [-0.3, -0.25) is 9.36 Å². The highest BCUT2D eigenvalue weighted by molar-refractivity contribution is 7.98. The highest BCUT2D eigenvalue weighted by atomic mass is 32.2. The number of nitrogens with zero attached hydrogens (tertiary/aromatic N) is 2. The minimum absolute atomic E-state index is 0.0423. The van der Waals surface area contributed by atoms with Crippen molar-refractivity contribution in [3.05, 3.63) is 74.9 Å². The van der Waals surface area contributed by atoms with Crippen LogP contribution in [0.15, 0.2) is 58.5 Å². The molecule has 7 heteroatoms. The number of hydrogen-bond acceptors (Lipinski definition) is 6. The highest BCUT2D eigenvalue weighted by Crippen LogP contribution is 2.41. The zero-order chi connectivity index (χ0) is 21.7. The number of benzene rings is 2. The molecule has 0 saturated carbocycles. The van der Waals surface area contributed by atoms with Gasteiger partial charge in [-0.1, -0.05) is 43.0 Å². The molecule has 0 N–H and O–H groups in total. The van der Waals surface area contributed by atoms with E-state index in [2.05, 4.69) is 6.92 Å². The minimum atomic E-state index is 0.0423. The molecule has 162 valence electrons. The van der Waals surface area contributed by atoms with Crippen molar-refractivity contribution in [1.29, 1.82) is 0 Å². The smallest absolute Gasteiger partial charge is 0.267 e. The summed E-state index contributed by atoms with van der Waals surface area (Å²) in [6.45, 7) is 2.50. The third-order valence-electron chi connectivity index (χ3n) is 6.16. The molecule has 5 nitrogen and oxygen atoms in total. The molecular formula is C25H22N2O3S2. The first-order chi connectivity index (χ1) is 15.7. The summed E-state index contributed by atoms with van der Waals surface area (Å²) >= 11 is 3.28. The van der Waals surface area contributed by atoms with Crippen LogP contribution in [0.1, 0.15) is 41.7 Å². The third kappa shape index (κ3) is 3.31. The van der Waals surface area contributed by atoms with Crippen LogP contribution in [-0.2, 0) is 12.2 Å². The van der Waals surface area contributed by atoms with Crippen LogP contribution in [0.4, 0.5) is 0 Å². The van der Waals surface area contributed by atoms with Crippen LogP contribution >= 0.6 is 23.1 Å². The van der Waals surface area contributed by atoms with E-state index < -0.39 is 0 Å². The number of fused-ring (bicyclic) bond motifs is 4. The fraction of sp³-hybridized carbons (Fsp3) is 0.280. The number of hydrogen-bond donors (Lipinski definition) is 0. The summed E-state index contributed by atoms with van der Waals surface area (Å²) in [5.41, 5.74) is 3.22. The summed E-state index contributed by atoms with van der Waals surface area (Å²) in [5, 5.41) is 1.53. The van der Waals surface area contributed by atoms with Crippen molar-refractivity contribution in [3.8, 4) is 17.2 Å². The number of ether oxygens (including phenoxy) is 2. The molecule has 6 rings (SSSR count). The van der Waals surface area contributed by atoms with Crippen LogP contribution in [-0.4, -0.2) is 16.3 Å². The SMILES string of the molecule is CC1CCCc2sc3nc(SCc4ccc5c(c4)OCO5)n(-c4ccccc4)c(=O)c3c21. The van der Waals surface area contributed by atoms with Gasteiger partial charge in [0.25, 0.3) is 5.56 Å². The molecule has 1 atom stereocenters. The molecular weight excluding hydrogens is 440 g/mol. The quantitative estimate of drug-likeness (QED) is 0.279. The Morgan fingerprint density at radius 2 is 2.00 bits per heavy atom. The van der Waals surface area contributed by atoms with Gasteiger partial charge < -0.3 is 9.47 Å². The molecule has 4 aromatic rings. The summed E-state index contributed by atoms with van der Waals surface area (Å²) in [7, 11) is 0. The van der Waals surface area contributed by atoms with Crippen LogP contribution in [0.2, 0.25) is 0 Å². The molecule has 0 amide bonds. The van der Waals surface area contributed by atoms with Gasteiger partial charge in [0.15, 0.2) is 16.7 Å². The van der Waals surface area contributed by atoms with Gasteiger partial charge in [-0.25, -0.2) is 4.98 Å². The van der Waals surface area contributed by atoms with Crippen LogP contribution in [0.5, 0.6) is 11.5 Å². The standard InChI is InChI=1S/C25H22N2O3S2/c1-15-6-5-9-20-21(15)22-23(32-20)26-25(27(24(22)28)17-7-3-2-4-8-17)31-13-16-10-11-18-19(12-16)30-14-29-18/h2-4,7-8,10-12,15H,5-6,9,13-14H2,1H3. The van der Waals surface area contributed by atoms with E-state index in [1.54, 1.807) is 27.7 Å². The van der Waals surface area contributed by atoms with Crippen molar-refractivity contribution in [1.82, 2.24) is 9.55 Å². The molecule has 1 unspecified atom stereocenters. The van der Waals surface area contributed by atoms with Crippen LogP contribution < -0.4 is 15.0 Å². The number of thioether (sulfide) groups is 1. The maximum atomic E-state index is 13.9. The molecule has 0 saturated heterocycles. The first-order valence-electron chi connectivity index (χ1n) is 10.8. The van der Waals surface area contributed by atoms with E-state index in [4.69, 9.17) is 14.5 Å². The minimum Gasteiger partial charge on any atom is -0.454 e. The van der Waals surface area contributed by atoms with Crippen molar-refractivity contribution in [2.75, 3.05) is 6.79 Å². The lowest BCUT2D eigenvalue weighted by atomic mass is 9.88. The van der Waals surface area contributed by atoms with Crippen molar-refractivity contribution in [2.45, 2.75) is 43.0 Å². The molecule has 32 heavy (non-hydrogen) atoms. The van der Waals surface area contributed by atoms with Crippen molar-refractivity contribution in [3.63, 3.8) is 0 Å². The lowest BCUT2D eigenvalue weighted by Gasteiger charge is -2.19. The van der Waals surface area contributed by atoms with E-state index in [1.807, 2.05) is 48.5 Å². The molecule has 3 heterocycles. The number of para-hydroxylation sites is 1. The fourth-order valence-electron chi connectivity index (χ4n) is 4.60. The second kappa shape index (κ2) is 7.98. The third-order valence-corrected chi connectivity index (χ3v) is 8.33. The molecule has 1 aliphatic heterocycles. The van der Waals surface area contributed by atoms with E-state index in [-0.39, 0.29) is 12.4 Å². The van der Waals surface area contributed by atoms with Gasteiger partial charge in [0, 0.05) is 10.6 Å². The molecule has 0 radical (unpaired) electrons. The Hall–Kier alpha value is -2.77. The van der Waals surface area contributed by atoms with Crippen molar-refractivity contribution >= 4 is 33.3 Å². The maximum Gasteiger partial charge on any atom is 0.267 e. The Bertz CT molecular complexity index is 1380. The van der Waals surface area contributed by atoms with Gasteiger partial charge in [-0.05, 0) is 60.6 Å². The van der Waals surface area contributed by atoms with Gasteiger partial charge in [-0.2, -0.15) is 0 Å². The van der Waals surface area contributed by atoms with Gasteiger partial charge >= 0.3 is 0 Å². The van der Waals surface area contributed by atoms with Gasteiger partial charge in [0.05, 0.1) is 11.1 Å². The summed E-state index contributed by atoms with van der Waals surface area (Å²) in [6.07, 6.45) is 3.36. The Labute approximate surface area is 194 Å². The first kappa shape index (κ1) is 19.9. The predicted molar refractivity (Wildman–Crippen MR) is 129 cm³/mol. The summed E-state index contributed by atoms with van der Waals surface area (Å²) in [4.78, 5) is 21.1. The Morgan fingerprint density at radius 1 is 1.16 bits per heavy atom. The predicted octanol–water partition coefficient (Wildman–Crippen LogP) is 5.91. The van der Waals surface area contributed by atoms with E-state index >= 15 is 0 Å². The van der Waals surface area contributed by atoms with E-state index in [1.165, 1.54) is 16.9 Å². The first-order valence-corrected chi connectivity index (χ1v) is 12.6. The molecule has 0 spiro atoms. The van der Waals surface area contributed by atoms with E-state index in [0.29, 0.717) is 11.7 Å². The summed E-state index contributed by atoms with van der Waals surface area (Å²) in [6, 6.07) is 15.8. The van der Waals surface area contributed by atoms with Crippen molar-refractivity contribution in [2.24, 2.45) is 0 Å². The molecule has 0 fully saturated rings. The van der Waals surface area contributed by atoms with Crippen molar-refractivity contribution < 1.29 is 9.47 Å². The van der Waals surface area contributed by atoms with Crippen LogP contribution in [0.3, 0.4) is 0 Å². The van der Waals surface area contributed by atoms with E-state index in [0.717, 1.165) is 51.0 Å². The number of rotatable bonds is 4. The van der Waals surface area contributed by atoms with Gasteiger partial charge in [0.1, 0.15) is 4.83 Å². The number of thiophene rings is 1. The Kier molecular flexibility index (Phi) is 4.96. The second-order valence-electron chi connectivity index (χ2n) is 8.26. The molecule has 2 aromatic carbocycles. The normalized spacial score (nSPS) is 17.0. The Morgan fingerprint density at radius 3 is 2.88 bits per heavy atom. The molecule has 2 aromatic heterocycles. The monoisotopic (exact) mass is 462 g/mol. The molecule has 0 bridgehead atoms. The van der Waals surface area contributed by atoms with Gasteiger partial charge in [0.2, 0.25) is 6.79 Å². The van der Waals surface area contributed by atoms with Crippen LogP contribution in [0.25, 0.3) is 15.9 Å². The Balaban J connectivity index is 1.47. The largest absolute Gasteiger partial charge is 0.454 e. The average molecular weight is 463 g/mol. The summed E-state index contributed by atoms with van der Waals surface area (Å²) in [5.74, 6) is 2.63. The van der Waals surface area contributed by atoms with E-state index in [9.17, 15) is 4.79 Å². The zero-order valence-corrected chi connectivity index (χ0v) is 19.3. The highest BCUT2D eigenvalue weighted by Gasteiger charge is 2.26. The van der Waals surface area contributed by atoms with Crippen LogP contribution in [0, 0.1) is 0 Å².